The zero-order valence-corrected chi connectivity index (χ0v) is 14.4. The molecule has 1 aliphatic heterocycles. The van der Waals surface area contributed by atoms with Crippen molar-refractivity contribution in [2.75, 3.05) is 24.6 Å². The summed E-state index contributed by atoms with van der Waals surface area (Å²) in [5.74, 6) is 1.50. The lowest BCUT2D eigenvalue weighted by Crippen LogP contribution is -2.35. The molecule has 23 heavy (non-hydrogen) atoms. The number of aliphatic hydroxyl groups excluding tert-OH is 1. The van der Waals surface area contributed by atoms with Crippen LogP contribution in [0, 0.1) is 12.8 Å². The molecule has 0 aromatic carbocycles. The molecule has 0 atom stereocenters. The summed E-state index contributed by atoms with van der Waals surface area (Å²) in [7, 11) is 0. The van der Waals surface area contributed by atoms with Gasteiger partial charge in [-0.2, -0.15) is 0 Å². The Morgan fingerprint density at radius 3 is 2.74 bits per heavy atom. The number of piperidine rings is 1. The number of hydrogen-bond donors (Lipinski definition) is 2. The molecule has 124 valence electrons. The molecule has 0 aliphatic carbocycles. The van der Waals surface area contributed by atoms with Crippen molar-refractivity contribution in [2.24, 2.45) is 5.92 Å². The lowest BCUT2D eigenvalue weighted by Gasteiger charge is -2.32. The van der Waals surface area contributed by atoms with Crippen LogP contribution in [0.15, 0.2) is 23.7 Å². The first-order valence-corrected chi connectivity index (χ1v) is 9.05. The Morgan fingerprint density at radius 1 is 1.30 bits per heavy atom. The molecule has 6 heteroatoms. The van der Waals surface area contributed by atoms with Gasteiger partial charge in [0, 0.05) is 44.4 Å². The van der Waals surface area contributed by atoms with Gasteiger partial charge in [-0.05, 0) is 37.3 Å². The monoisotopic (exact) mass is 332 g/mol. The predicted octanol–water partition coefficient (Wildman–Crippen LogP) is 2.35. The first kappa shape index (κ1) is 16.4. The number of nitrogens with one attached hydrogen (secondary N) is 1. The fraction of sp³-hybridized carbons (Fsp3) is 0.529. The van der Waals surface area contributed by atoms with Crippen LogP contribution in [-0.2, 0) is 13.1 Å². The van der Waals surface area contributed by atoms with E-state index in [1.165, 1.54) is 5.56 Å². The molecule has 0 radical (unpaired) electrons. The van der Waals surface area contributed by atoms with Gasteiger partial charge in [0.15, 0.2) is 0 Å². The van der Waals surface area contributed by atoms with Crippen LogP contribution >= 0.6 is 11.3 Å². The van der Waals surface area contributed by atoms with E-state index in [1.807, 2.05) is 13.1 Å². The third-order valence-corrected chi connectivity index (χ3v) is 5.13. The molecule has 5 nitrogen and oxygen atoms in total. The van der Waals surface area contributed by atoms with Gasteiger partial charge in [-0.15, -0.1) is 11.3 Å². The van der Waals surface area contributed by atoms with Crippen LogP contribution in [0.5, 0.6) is 0 Å². The molecule has 0 bridgehead atoms. The van der Waals surface area contributed by atoms with E-state index in [0.29, 0.717) is 12.5 Å². The van der Waals surface area contributed by atoms with Gasteiger partial charge in [0.1, 0.15) is 5.82 Å². The van der Waals surface area contributed by atoms with Crippen molar-refractivity contribution < 1.29 is 5.11 Å². The van der Waals surface area contributed by atoms with Gasteiger partial charge in [-0.25, -0.2) is 9.97 Å². The lowest BCUT2D eigenvalue weighted by atomic mass is 9.98. The maximum atomic E-state index is 9.21. The molecule has 1 aliphatic rings. The molecule has 2 aromatic rings. The fourth-order valence-corrected chi connectivity index (χ4v) is 3.49. The van der Waals surface area contributed by atoms with Crippen LogP contribution in [0.2, 0.25) is 0 Å². The summed E-state index contributed by atoms with van der Waals surface area (Å²) < 4.78 is 0. The lowest BCUT2D eigenvalue weighted by molar-refractivity contribution is 0.203. The maximum Gasteiger partial charge on any atom is 0.128 e. The van der Waals surface area contributed by atoms with Crippen molar-refractivity contribution >= 4 is 17.2 Å². The zero-order valence-electron chi connectivity index (χ0n) is 13.5. The number of rotatable bonds is 6. The van der Waals surface area contributed by atoms with Crippen molar-refractivity contribution in [1.82, 2.24) is 15.3 Å². The molecule has 3 rings (SSSR count). The quantitative estimate of drug-likeness (QED) is 0.850. The number of aliphatic hydroxyl groups is 1. The Kier molecular flexibility index (Phi) is 5.59. The minimum atomic E-state index is 0.310. The summed E-state index contributed by atoms with van der Waals surface area (Å²) in [6.45, 7) is 5.90. The second kappa shape index (κ2) is 7.86. The first-order chi connectivity index (χ1) is 11.2. The van der Waals surface area contributed by atoms with Gasteiger partial charge >= 0.3 is 0 Å². The Balaban J connectivity index is 1.47. The summed E-state index contributed by atoms with van der Waals surface area (Å²) in [6, 6.07) is 4.24. The van der Waals surface area contributed by atoms with Crippen LogP contribution < -0.4 is 10.2 Å². The van der Waals surface area contributed by atoms with E-state index in [4.69, 9.17) is 0 Å². The number of aryl methyl sites for hydroxylation is 1. The summed E-state index contributed by atoms with van der Waals surface area (Å²) in [4.78, 5) is 11.3. The first-order valence-electron chi connectivity index (χ1n) is 8.17. The summed E-state index contributed by atoms with van der Waals surface area (Å²) in [5, 5.41) is 15.8. The van der Waals surface area contributed by atoms with E-state index in [9.17, 15) is 5.11 Å². The van der Waals surface area contributed by atoms with E-state index in [0.717, 1.165) is 55.5 Å². The highest BCUT2D eigenvalue weighted by atomic mass is 32.1. The smallest absolute Gasteiger partial charge is 0.128 e. The van der Waals surface area contributed by atoms with Crippen molar-refractivity contribution in [3.8, 4) is 0 Å². The van der Waals surface area contributed by atoms with E-state index >= 15 is 0 Å². The second-order valence-corrected chi connectivity index (χ2v) is 7.16. The normalized spacial score (nSPS) is 16.0. The third-order valence-electron chi connectivity index (χ3n) is 4.31. The maximum absolute atomic E-state index is 9.21. The molecule has 0 unspecified atom stereocenters. The molecule has 1 saturated heterocycles. The molecule has 2 aromatic heterocycles. The van der Waals surface area contributed by atoms with Crippen LogP contribution in [0.25, 0.3) is 0 Å². The average molecular weight is 332 g/mol. The molecular formula is C17H24N4OS. The highest BCUT2D eigenvalue weighted by Crippen LogP contribution is 2.21. The number of anilines is 1. The number of hydrogen-bond acceptors (Lipinski definition) is 6. The van der Waals surface area contributed by atoms with Crippen molar-refractivity contribution in [3.63, 3.8) is 0 Å². The van der Waals surface area contributed by atoms with Gasteiger partial charge in [0.25, 0.3) is 0 Å². The molecule has 1 fully saturated rings. The molecule has 0 saturated carbocycles. The zero-order chi connectivity index (χ0) is 16.1. The Hall–Kier alpha value is -1.50. The number of nitrogens with zero attached hydrogens (tertiary/aromatic N) is 3. The Labute approximate surface area is 141 Å². The van der Waals surface area contributed by atoms with Crippen molar-refractivity contribution in [2.45, 2.75) is 32.9 Å². The summed E-state index contributed by atoms with van der Waals surface area (Å²) >= 11 is 1.69. The van der Waals surface area contributed by atoms with Gasteiger partial charge in [-0.1, -0.05) is 6.07 Å². The standard InChI is InChI=1S/C17H24N4OS/c1-13-20-16(12-23-13)10-18-8-15-2-3-17(19-9-15)21-6-4-14(11-22)5-7-21/h2-3,9,12,14,18,22H,4-8,10-11H2,1H3. The van der Waals surface area contributed by atoms with Crippen molar-refractivity contribution in [1.29, 1.82) is 0 Å². The topological polar surface area (TPSA) is 61.3 Å². The SMILES string of the molecule is Cc1nc(CNCc2ccc(N3CCC(CO)CC3)nc2)cs1. The van der Waals surface area contributed by atoms with E-state index in [-0.39, 0.29) is 0 Å². The number of pyridine rings is 1. The second-order valence-electron chi connectivity index (χ2n) is 6.10. The number of thiazole rings is 1. The highest BCUT2D eigenvalue weighted by Gasteiger charge is 2.19. The predicted molar refractivity (Wildman–Crippen MR) is 93.7 cm³/mol. The van der Waals surface area contributed by atoms with Gasteiger partial charge < -0.3 is 15.3 Å². The highest BCUT2D eigenvalue weighted by molar-refractivity contribution is 7.09. The number of aromatic nitrogens is 2. The van der Waals surface area contributed by atoms with Gasteiger partial charge in [0.2, 0.25) is 0 Å². The van der Waals surface area contributed by atoms with Crippen molar-refractivity contribution in [3.05, 3.63) is 40.0 Å². The average Bonchev–Trinajstić information content (AvgIpc) is 3.01. The van der Waals surface area contributed by atoms with E-state index in [2.05, 4.69) is 37.7 Å². The van der Waals surface area contributed by atoms with Crippen LogP contribution in [0.1, 0.15) is 29.1 Å². The van der Waals surface area contributed by atoms with E-state index < -0.39 is 0 Å². The Morgan fingerprint density at radius 2 is 2.13 bits per heavy atom. The van der Waals surface area contributed by atoms with Crippen LogP contribution in [0.3, 0.4) is 0 Å². The molecule has 3 heterocycles. The minimum Gasteiger partial charge on any atom is -0.396 e. The fourth-order valence-electron chi connectivity index (χ4n) is 2.88. The van der Waals surface area contributed by atoms with Gasteiger partial charge in [0.05, 0.1) is 10.7 Å². The molecule has 0 spiro atoms. The largest absolute Gasteiger partial charge is 0.396 e. The third kappa shape index (κ3) is 4.50. The molecule has 0 amide bonds. The van der Waals surface area contributed by atoms with Gasteiger partial charge in [-0.3, -0.25) is 0 Å². The molecular weight excluding hydrogens is 308 g/mol. The minimum absolute atomic E-state index is 0.310. The summed E-state index contributed by atoms with van der Waals surface area (Å²) in [6.07, 6.45) is 4.05. The van der Waals surface area contributed by atoms with Crippen LogP contribution in [-0.4, -0.2) is 34.8 Å². The molecule has 2 N–H and O–H groups in total. The summed E-state index contributed by atoms with van der Waals surface area (Å²) in [5.41, 5.74) is 2.29. The van der Waals surface area contributed by atoms with E-state index in [1.54, 1.807) is 11.3 Å². The van der Waals surface area contributed by atoms with Crippen LogP contribution in [0.4, 0.5) is 5.82 Å². The Bertz CT molecular complexity index is 605.